The fraction of sp³-hybridized carbons (Fsp3) is 0.357. The zero-order chi connectivity index (χ0) is 22.4. The third-order valence-corrected chi connectivity index (χ3v) is 5.77. The van der Waals surface area contributed by atoms with Crippen LogP contribution in [0.25, 0.3) is 11.1 Å². The Morgan fingerprint density at radius 3 is 1.71 bits per heavy atom. The second-order valence-corrected chi connectivity index (χ2v) is 8.23. The molecule has 3 rings (SSSR count). The first-order valence-electron chi connectivity index (χ1n) is 11.8. The number of unbranched alkanes of at least 4 members (excludes halogenated alkanes) is 3. The van der Waals surface area contributed by atoms with Crippen LogP contribution in [0.4, 0.5) is 0 Å². The number of aromatic hydroxyl groups is 2. The van der Waals surface area contributed by atoms with Crippen LogP contribution in [-0.4, -0.2) is 41.9 Å². The quantitative estimate of drug-likeness (QED) is 0.140. The molecule has 35 heavy (non-hydrogen) atoms. The Labute approximate surface area is 230 Å². The van der Waals surface area contributed by atoms with E-state index in [4.69, 9.17) is 0 Å². The molecule has 5 nitrogen and oxygen atoms in total. The molecule has 0 bridgehead atoms. The molecule has 3 aromatic carbocycles. The fourth-order valence-corrected chi connectivity index (χ4v) is 3.96. The summed E-state index contributed by atoms with van der Waals surface area (Å²) in [6, 6.07) is 23.9. The number of hydrogen-bond donors (Lipinski definition) is 4. The molecule has 0 saturated heterocycles. The normalized spacial score (nSPS) is 10.1. The Balaban J connectivity index is 0.00000385. The van der Waals surface area contributed by atoms with Gasteiger partial charge in [-0.2, -0.15) is 0 Å². The third kappa shape index (κ3) is 11.6. The Hall–Kier alpha value is -1.90. The lowest BCUT2D eigenvalue weighted by atomic mass is 9.96. The smallest absolute Gasteiger partial charge is 0.165 e. The van der Waals surface area contributed by atoms with Crippen LogP contribution in [0.2, 0.25) is 0 Å². The number of halogens is 2. The summed E-state index contributed by atoms with van der Waals surface area (Å²) in [6.45, 7) is 3.99. The lowest BCUT2D eigenvalue weighted by Gasteiger charge is -2.13. The Bertz CT molecular complexity index is 928. The van der Waals surface area contributed by atoms with Gasteiger partial charge in [0.25, 0.3) is 0 Å². The highest BCUT2D eigenvalue weighted by molar-refractivity contribution is 8.93. The van der Waals surface area contributed by atoms with Gasteiger partial charge in [-0.3, -0.25) is 0 Å². The molecule has 0 unspecified atom stereocenters. The molecule has 0 aliphatic rings. The van der Waals surface area contributed by atoms with Crippen LogP contribution in [0.3, 0.4) is 0 Å². The summed E-state index contributed by atoms with van der Waals surface area (Å²) in [5.74, 6) is -0.110. The molecule has 0 aliphatic heterocycles. The maximum Gasteiger partial charge on any atom is 0.165 e. The van der Waals surface area contributed by atoms with Crippen molar-refractivity contribution < 1.29 is 15.7 Å². The first-order chi connectivity index (χ1) is 15.8. The SMILES string of the molecule is Br.Br.O.Oc1ccc(CCNCCCCCCNCCc2ccccc2)c(-c2ccccc2)c1O. The average Bonchev–Trinajstić information content (AvgIpc) is 2.83. The Morgan fingerprint density at radius 1 is 0.571 bits per heavy atom. The molecule has 0 fully saturated rings. The molecule has 0 atom stereocenters. The van der Waals surface area contributed by atoms with Gasteiger partial charge in [-0.05, 0) is 74.6 Å². The minimum Gasteiger partial charge on any atom is -0.504 e. The van der Waals surface area contributed by atoms with Crippen LogP contribution in [0.5, 0.6) is 11.5 Å². The van der Waals surface area contributed by atoms with Gasteiger partial charge < -0.3 is 26.3 Å². The summed E-state index contributed by atoms with van der Waals surface area (Å²) in [5.41, 5.74) is 4.09. The highest BCUT2D eigenvalue weighted by Crippen LogP contribution is 2.39. The Kier molecular flexibility index (Phi) is 18.3. The van der Waals surface area contributed by atoms with Crippen LogP contribution >= 0.6 is 34.0 Å². The lowest BCUT2D eigenvalue weighted by molar-refractivity contribution is 0.404. The molecule has 0 saturated carbocycles. The van der Waals surface area contributed by atoms with E-state index in [1.54, 1.807) is 6.07 Å². The fourth-order valence-electron chi connectivity index (χ4n) is 3.96. The number of hydrogen-bond acceptors (Lipinski definition) is 4. The van der Waals surface area contributed by atoms with E-state index >= 15 is 0 Å². The zero-order valence-electron chi connectivity index (χ0n) is 20.2. The van der Waals surface area contributed by atoms with Gasteiger partial charge in [0.1, 0.15) is 0 Å². The molecule has 0 amide bonds. The number of nitrogens with one attached hydrogen (secondary N) is 2. The van der Waals surface area contributed by atoms with Crippen molar-refractivity contribution in [2.75, 3.05) is 26.2 Å². The van der Waals surface area contributed by atoms with Crippen molar-refractivity contribution in [3.63, 3.8) is 0 Å². The Morgan fingerprint density at radius 2 is 1.11 bits per heavy atom. The van der Waals surface area contributed by atoms with Gasteiger partial charge in [-0.1, -0.05) is 79.6 Å². The second kappa shape index (κ2) is 19.3. The molecule has 194 valence electrons. The summed E-state index contributed by atoms with van der Waals surface area (Å²) in [4.78, 5) is 0. The minimum atomic E-state index is -0.0740. The van der Waals surface area contributed by atoms with Crippen molar-refractivity contribution in [1.29, 1.82) is 0 Å². The van der Waals surface area contributed by atoms with Gasteiger partial charge in [0, 0.05) is 5.56 Å². The zero-order valence-corrected chi connectivity index (χ0v) is 23.6. The second-order valence-electron chi connectivity index (χ2n) is 8.23. The van der Waals surface area contributed by atoms with E-state index < -0.39 is 0 Å². The van der Waals surface area contributed by atoms with E-state index in [1.807, 2.05) is 36.4 Å². The van der Waals surface area contributed by atoms with Crippen molar-refractivity contribution in [2.45, 2.75) is 38.5 Å². The van der Waals surface area contributed by atoms with Crippen LogP contribution in [0, 0.1) is 0 Å². The molecule has 0 aromatic heterocycles. The number of phenolic OH excluding ortho intramolecular Hbond substituents is 2. The van der Waals surface area contributed by atoms with Crippen LogP contribution in [0.15, 0.2) is 72.8 Å². The average molecular weight is 612 g/mol. The van der Waals surface area contributed by atoms with Gasteiger partial charge in [-0.25, -0.2) is 0 Å². The van der Waals surface area contributed by atoms with E-state index in [0.717, 1.165) is 55.7 Å². The molecule has 6 N–H and O–H groups in total. The minimum absolute atomic E-state index is 0. The summed E-state index contributed by atoms with van der Waals surface area (Å²) in [5, 5.41) is 27.4. The van der Waals surface area contributed by atoms with E-state index in [1.165, 1.54) is 31.2 Å². The van der Waals surface area contributed by atoms with Crippen molar-refractivity contribution in [3.8, 4) is 22.6 Å². The first kappa shape index (κ1) is 33.1. The van der Waals surface area contributed by atoms with Crippen LogP contribution in [-0.2, 0) is 12.8 Å². The highest BCUT2D eigenvalue weighted by atomic mass is 79.9. The number of benzene rings is 3. The maximum absolute atomic E-state index is 10.4. The standard InChI is InChI=1S/C28H36N2O2.2BrH.H2O/c31-26-16-15-25(27(28(26)32)24-13-7-4-8-14-24)18-22-30-20-10-2-1-9-19-29-21-17-23-11-5-3-6-12-23;;;/h3-8,11-16,29-32H,1-2,9-10,17-22H2;2*1H;1H2. The third-order valence-electron chi connectivity index (χ3n) is 5.77. The van der Waals surface area contributed by atoms with E-state index in [-0.39, 0.29) is 50.9 Å². The predicted octanol–water partition coefficient (Wildman–Crippen LogP) is 5.62. The predicted molar refractivity (Wildman–Crippen MR) is 158 cm³/mol. The molecule has 0 spiro atoms. The van der Waals surface area contributed by atoms with Gasteiger partial charge in [0.15, 0.2) is 11.5 Å². The van der Waals surface area contributed by atoms with Crippen molar-refractivity contribution in [3.05, 3.63) is 83.9 Å². The van der Waals surface area contributed by atoms with Crippen LogP contribution in [0.1, 0.15) is 36.8 Å². The molecule has 0 aliphatic carbocycles. The first-order valence-corrected chi connectivity index (χ1v) is 11.8. The van der Waals surface area contributed by atoms with E-state index in [0.29, 0.717) is 0 Å². The van der Waals surface area contributed by atoms with E-state index in [9.17, 15) is 10.2 Å². The summed E-state index contributed by atoms with van der Waals surface area (Å²) in [6.07, 6.45) is 6.80. The number of rotatable bonds is 14. The highest BCUT2D eigenvalue weighted by Gasteiger charge is 2.13. The van der Waals surface area contributed by atoms with Gasteiger partial charge >= 0.3 is 0 Å². The molecule has 3 aromatic rings. The molecular formula is C28H40Br2N2O3. The molecule has 0 heterocycles. The molecule has 0 radical (unpaired) electrons. The van der Waals surface area contributed by atoms with Gasteiger partial charge in [0.05, 0.1) is 0 Å². The largest absolute Gasteiger partial charge is 0.504 e. The van der Waals surface area contributed by atoms with E-state index in [2.05, 4.69) is 41.0 Å². The van der Waals surface area contributed by atoms with Gasteiger partial charge in [-0.15, -0.1) is 34.0 Å². The topological polar surface area (TPSA) is 96.0 Å². The van der Waals surface area contributed by atoms with Gasteiger partial charge in [0.2, 0.25) is 0 Å². The molecule has 7 heteroatoms. The summed E-state index contributed by atoms with van der Waals surface area (Å²) in [7, 11) is 0. The summed E-state index contributed by atoms with van der Waals surface area (Å²) < 4.78 is 0. The molecular weight excluding hydrogens is 572 g/mol. The van der Waals surface area contributed by atoms with Crippen molar-refractivity contribution >= 4 is 34.0 Å². The van der Waals surface area contributed by atoms with Crippen LogP contribution < -0.4 is 10.6 Å². The lowest BCUT2D eigenvalue weighted by Crippen LogP contribution is -2.19. The van der Waals surface area contributed by atoms with Crippen molar-refractivity contribution in [2.24, 2.45) is 0 Å². The van der Waals surface area contributed by atoms with Crippen molar-refractivity contribution in [1.82, 2.24) is 10.6 Å². The monoisotopic (exact) mass is 610 g/mol. The summed E-state index contributed by atoms with van der Waals surface area (Å²) >= 11 is 0. The maximum atomic E-state index is 10.4. The number of phenols is 2.